The number of nitrogens with zero attached hydrogens (tertiary/aromatic N) is 1. The Bertz CT molecular complexity index is 972. The smallest absolute Gasteiger partial charge is 0.255 e. The minimum Gasteiger partial charge on any atom is -0.494 e. The number of halogens is 1. The first-order valence-corrected chi connectivity index (χ1v) is 10.2. The highest BCUT2D eigenvalue weighted by atomic mass is 32.2. The van der Waals surface area contributed by atoms with Crippen LogP contribution in [0.4, 0.5) is 10.1 Å². The van der Waals surface area contributed by atoms with E-state index in [2.05, 4.69) is 5.32 Å². The van der Waals surface area contributed by atoms with E-state index in [0.29, 0.717) is 18.5 Å². The predicted molar refractivity (Wildman–Crippen MR) is 101 cm³/mol. The summed E-state index contributed by atoms with van der Waals surface area (Å²) in [4.78, 5) is 12.5. The SMILES string of the molecule is COc1cc(NC(=O)c2cccc(S(=O)(=O)N3CCC(O)CC3)c2)ccc1F. The number of nitrogens with one attached hydrogen (secondary N) is 1. The van der Waals surface area contributed by atoms with Gasteiger partial charge < -0.3 is 15.2 Å². The van der Waals surface area contributed by atoms with Gasteiger partial charge in [0.1, 0.15) is 0 Å². The summed E-state index contributed by atoms with van der Waals surface area (Å²) >= 11 is 0. The lowest BCUT2D eigenvalue weighted by Gasteiger charge is -2.28. The van der Waals surface area contributed by atoms with Crippen molar-refractivity contribution in [3.63, 3.8) is 0 Å². The molecule has 7 nitrogen and oxygen atoms in total. The summed E-state index contributed by atoms with van der Waals surface area (Å²) in [6, 6.07) is 9.61. The van der Waals surface area contributed by atoms with Gasteiger partial charge >= 0.3 is 0 Å². The first-order valence-electron chi connectivity index (χ1n) is 8.74. The molecule has 1 aliphatic heterocycles. The van der Waals surface area contributed by atoms with Crippen LogP contribution >= 0.6 is 0 Å². The molecule has 0 unspecified atom stereocenters. The van der Waals surface area contributed by atoms with Gasteiger partial charge in [0, 0.05) is 30.4 Å². The number of methoxy groups -OCH3 is 1. The lowest BCUT2D eigenvalue weighted by Crippen LogP contribution is -2.40. The Morgan fingerprint density at radius 2 is 1.93 bits per heavy atom. The fraction of sp³-hybridized carbons (Fsp3) is 0.316. The molecule has 9 heteroatoms. The van der Waals surface area contributed by atoms with Gasteiger partial charge in [-0.15, -0.1) is 0 Å². The van der Waals surface area contributed by atoms with Crippen LogP contribution in [0, 0.1) is 5.82 Å². The molecule has 1 amide bonds. The first kappa shape index (κ1) is 20.2. The molecule has 0 aromatic heterocycles. The maximum Gasteiger partial charge on any atom is 0.255 e. The molecule has 150 valence electrons. The molecule has 0 aliphatic carbocycles. The third-order valence-corrected chi connectivity index (χ3v) is 6.46. The summed E-state index contributed by atoms with van der Waals surface area (Å²) in [7, 11) is -2.44. The Morgan fingerprint density at radius 1 is 1.21 bits per heavy atom. The first-order chi connectivity index (χ1) is 13.3. The molecule has 1 fully saturated rings. The largest absolute Gasteiger partial charge is 0.494 e. The van der Waals surface area contributed by atoms with Crippen molar-refractivity contribution < 1.29 is 27.4 Å². The lowest BCUT2D eigenvalue weighted by molar-refractivity contribution is 0.102. The molecule has 0 atom stereocenters. The van der Waals surface area contributed by atoms with Crippen LogP contribution in [0.2, 0.25) is 0 Å². The van der Waals surface area contributed by atoms with Crippen molar-refractivity contribution >= 4 is 21.6 Å². The third-order valence-electron chi connectivity index (χ3n) is 4.57. The van der Waals surface area contributed by atoms with Crippen LogP contribution in [-0.4, -0.2) is 50.0 Å². The van der Waals surface area contributed by atoms with Crippen LogP contribution in [-0.2, 0) is 10.0 Å². The molecule has 0 spiro atoms. The van der Waals surface area contributed by atoms with Crippen LogP contribution in [0.25, 0.3) is 0 Å². The Hall–Kier alpha value is -2.49. The number of benzene rings is 2. The van der Waals surface area contributed by atoms with Gasteiger partial charge in [-0.2, -0.15) is 4.31 Å². The molecule has 1 saturated heterocycles. The van der Waals surface area contributed by atoms with Crippen molar-refractivity contribution in [1.29, 1.82) is 0 Å². The number of aliphatic hydroxyl groups is 1. The van der Waals surface area contributed by atoms with Gasteiger partial charge in [0.15, 0.2) is 11.6 Å². The lowest BCUT2D eigenvalue weighted by atomic mass is 10.1. The van der Waals surface area contributed by atoms with Crippen molar-refractivity contribution in [2.45, 2.75) is 23.8 Å². The molecule has 1 heterocycles. The van der Waals surface area contributed by atoms with Crippen molar-refractivity contribution in [1.82, 2.24) is 4.31 Å². The summed E-state index contributed by atoms with van der Waals surface area (Å²) in [5.41, 5.74) is 0.475. The minimum absolute atomic E-state index is 0.00762. The van der Waals surface area contributed by atoms with Crippen molar-refractivity contribution in [3.05, 3.63) is 53.8 Å². The van der Waals surface area contributed by atoms with E-state index in [0.717, 1.165) is 0 Å². The van der Waals surface area contributed by atoms with Gasteiger partial charge in [0.05, 0.1) is 18.1 Å². The molecular formula is C19H21FN2O5S. The van der Waals surface area contributed by atoms with Gasteiger partial charge in [-0.05, 0) is 43.2 Å². The standard InChI is InChI=1S/C19H21FN2O5S/c1-27-18-12-14(5-6-17(18)20)21-19(24)13-3-2-4-16(11-13)28(25,26)22-9-7-15(23)8-10-22/h2-6,11-12,15,23H,7-10H2,1H3,(H,21,24). The van der Waals surface area contributed by atoms with Crippen LogP contribution in [0.3, 0.4) is 0 Å². The number of piperidine rings is 1. The van der Waals surface area contributed by atoms with E-state index in [1.54, 1.807) is 0 Å². The average Bonchev–Trinajstić information content (AvgIpc) is 2.70. The van der Waals surface area contributed by atoms with Gasteiger partial charge in [-0.25, -0.2) is 12.8 Å². The number of ether oxygens (including phenoxy) is 1. The second-order valence-electron chi connectivity index (χ2n) is 6.47. The number of aliphatic hydroxyl groups excluding tert-OH is 1. The zero-order chi connectivity index (χ0) is 20.3. The number of rotatable bonds is 5. The number of carbonyl (C=O) groups is 1. The van der Waals surface area contributed by atoms with E-state index in [1.807, 2.05) is 0 Å². The number of hydrogen-bond donors (Lipinski definition) is 2. The third kappa shape index (κ3) is 4.32. The zero-order valence-electron chi connectivity index (χ0n) is 15.3. The summed E-state index contributed by atoms with van der Waals surface area (Å²) < 4.78 is 45.3. The van der Waals surface area contributed by atoms with Crippen LogP contribution in [0.1, 0.15) is 23.2 Å². The van der Waals surface area contributed by atoms with Gasteiger partial charge in [-0.3, -0.25) is 4.79 Å². The molecule has 0 bridgehead atoms. The molecule has 0 saturated carbocycles. The highest BCUT2D eigenvalue weighted by molar-refractivity contribution is 7.89. The van der Waals surface area contributed by atoms with E-state index in [1.165, 1.54) is 53.9 Å². The van der Waals surface area contributed by atoms with E-state index >= 15 is 0 Å². The Kier molecular flexibility index (Phi) is 5.97. The monoisotopic (exact) mass is 408 g/mol. The van der Waals surface area contributed by atoms with E-state index in [9.17, 15) is 22.7 Å². The summed E-state index contributed by atoms with van der Waals surface area (Å²) in [6.07, 6.45) is 0.272. The summed E-state index contributed by atoms with van der Waals surface area (Å²) in [5.74, 6) is -1.10. The number of amides is 1. The fourth-order valence-corrected chi connectivity index (χ4v) is 4.49. The fourth-order valence-electron chi connectivity index (χ4n) is 2.97. The van der Waals surface area contributed by atoms with E-state index in [-0.39, 0.29) is 29.3 Å². The van der Waals surface area contributed by atoms with Crippen molar-refractivity contribution in [3.8, 4) is 5.75 Å². The number of anilines is 1. The van der Waals surface area contributed by atoms with Gasteiger partial charge in [0.25, 0.3) is 5.91 Å². The van der Waals surface area contributed by atoms with Crippen molar-refractivity contribution in [2.24, 2.45) is 0 Å². The maximum absolute atomic E-state index is 13.5. The minimum atomic E-state index is -3.76. The number of hydrogen-bond acceptors (Lipinski definition) is 5. The molecule has 28 heavy (non-hydrogen) atoms. The average molecular weight is 408 g/mol. The van der Waals surface area contributed by atoms with Crippen LogP contribution in [0.5, 0.6) is 5.75 Å². The molecule has 1 aliphatic rings. The number of sulfonamides is 1. The Balaban J connectivity index is 1.80. The Labute approximate surface area is 162 Å². The molecule has 3 rings (SSSR count). The van der Waals surface area contributed by atoms with Crippen LogP contribution in [0.15, 0.2) is 47.4 Å². The molecule has 0 radical (unpaired) electrons. The number of carbonyl (C=O) groups excluding carboxylic acids is 1. The summed E-state index contributed by atoms with van der Waals surface area (Å²) in [5, 5.41) is 12.2. The topological polar surface area (TPSA) is 95.9 Å². The second-order valence-corrected chi connectivity index (χ2v) is 8.40. The van der Waals surface area contributed by atoms with Crippen LogP contribution < -0.4 is 10.1 Å². The Morgan fingerprint density at radius 3 is 2.61 bits per heavy atom. The zero-order valence-corrected chi connectivity index (χ0v) is 16.1. The quantitative estimate of drug-likeness (QED) is 0.791. The van der Waals surface area contributed by atoms with Gasteiger partial charge in [-0.1, -0.05) is 6.07 Å². The summed E-state index contributed by atoms with van der Waals surface area (Å²) in [6.45, 7) is 0.463. The molecule has 2 N–H and O–H groups in total. The highest BCUT2D eigenvalue weighted by Crippen LogP contribution is 2.24. The normalized spacial score (nSPS) is 16.0. The molecule has 2 aromatic rings. The van der Waals surface area contributed by atoms with Crippen molar-refractivity contribution in [2.75, 3.05) is 25.5 Å². The highest BCUT2D eigenvalue weighted by Gasteiger charge is 2.29. The van der Waals surface area contributed by atoms with E-state index in [4.69, 9.17) is 4.74 Å². The molecule has 2 aromatic carbocycles. The second kappa shape index (κ2) is 8.26. The maximum atomic E-state index is 13.5. The molecular weight excluding hydrogens is 387 g/mol. The predicted octanol–water partition coefficient (Wildman–Crippen LogP) is 2.23. The van der Waals surface area contributed by atoms with Gasteiger partial charge in [0.2, 0.25) is 10.0 Å². The van der Waals surface area contributed by atoms with E-state index < -0.39 is 27.9 Å².